The molecule has 0 radical (unpaired) electrons. The van der Waals surface area contributed by atoms with E-state index in [0.717, 1.165) is 199 Å². The molecule has 0 aromatic heterocycles. The monoisotopic (exact) mass is 1900 g/mol. The second kappa shape index (κ2) is 47.4. The summed E-state index contributed by atoms with van der Waals surface area (Å²) in [5.41, 5.74) is 34.1. The predicted molar refractivity (Wildman–Crippen MR) is 558 cm³/mol. The van der Waals surface area contributed by atoms with Crippen LogP contribution in [-0.2, 0) is 39.7 Å². The number of anilines is 5. The average molecular weight is 1900 g/mol. The molecule has 1 amide bonds. The number of amides is 1. The number of carbonyl (C=O) groups excluding carboxylic acids is 1. The summed E-state index contributed by atoms with van der Waals surface area (Å²) < 4.78 is 19.7. The van der Waals surface area contributed by atoms with Gasteiger partial charge in [-0.25, -0.2) is 15.2 Å². The van der Waals surface area contributed by atoms with Crippen LogP contribution in [0, 0.1) is 56.4 Å². The number of allylic oxidation sites excluding steroid dienone is 11. The van der Waals surface area contributed by atoms with Crippen molar-refractivity contribution in [3.8, 4) is 56.4 Å². The van der Waals surface area contributed by atoms with Crippen LogP contribution in [0.15, 0.2) is 296 Å². The molecule has 21 nitrogen and oxygen atoms in total. The number of aryl methyl sites for hydroxylation is 6. The van der Waals surface area contributed by atoms with Crippen molar-refractivity contribution in [1.29, 1.82) is 0 Å². The molecule has 136 heavy (non-hydrogen) atoms. The third kappa shape index (κ3) is 22.7. The number of nitrogens with zero attached hydrogens (tertiary/aromatic N) is 9. The van der Waals surface area contributed by atoms with Gasteiger partial charge in [0.15, 0.2) is 0 Å². The maximum Gasteiger partial charge on any atom is 4.00 e. The molecular formula is C113H127Fe2N15O6+4. The van der Waals surface area contributed by atoms with Gasteiger partial charge >= 0.3 is 45.9 Å². The Labute approximate surface area is 823 Å². The number of rotatable bonds is 26. The van der Waals surface area contributed by atoms with Crippen LogP contribution < -0.4 is 51.8 Å². The molecule has 0 bridgehead atoms. The van der Waals surface area contributed by atoms with Gasteiger partial charge in [-0.2, -0.15) is 5.10 Å². The van der Waals surface area contributed by atoms with E-state index < -0.39 is 5.54 Å². The Morgan fingerprint density at radius 3 is 1.28 bits per heavy atom. The van der Waals surface area contributed by atoms with Gasteiger partial charge in [0.25, 0.3) is 5.91 Å². The van der Waals surface area contributed by atoms with Gasteiger partial charge in [-0.1, -0.05) is 146 Å². The van der Waals surface area contributed by atoms with Crippen LogP contribution in [0.25, 0.3) is 83.8 Å². The SMILES string of the molecule is CCN=c1cc2oc3cc(NCC)c(C)cc3c(-c3ccccc3C(O)=[NH+][N-]/C=C\C=C3C=CC(N(C)C)C=C3)c-2cc1C.CCN=c1cc2oc3cc(NCC)c(C)cc3c(-c3ccccc3C(O)=[NH+][N-]/C=C\C=C3C=CC(N(C)C)C=C3)c-2cc1C.CCNc1cc2c(cc1C)C1(c3cc(C)c(NCC)cc3O2)c2ccccc2C(=O)N1/N=C/C=C/c1ccc(N(C)C)cc1.[CH3-].[CH3-].[Fe+2].[Fe+4]. The molecule has 8 aromatic rings. The number of benzene rings is 10. The van der Waals surface area contributed by atoms with Crippen LogP contribution in [-0.4, -0.2) is 143 Å². The van der Waals surface area contributed by atoms with Crippen LogP contribution in [0.4, 0.5) is 28.4 Å². The summed E-state index contributed by atoms with van der Waals surface area (Å²) in [7, 11) is 12.3. The topological polar surface area (TPSA) is 247 Å². The molecule has 4 aliphatic heterocycles. The van der Waals surface area contributed by atoms with Gasteiger partial charge in [0.1, 0.15) is 39.7 Å². The van der Waals surface area contributed by atoms with Crippen LogP contribution in [0.1, 0.15) is 119 Å². The minimum atomic E-state index is -1.01. The van der Waals surface area contributed by atoms with Gasteiger partial charge in [0.05, 0.1) is 21.8 Å². The molecule has 16 rings (SSSR count). The maximum absolute atomic E-state index is 14.3. The first-order valence-corrected chi connectivity index (χ1v) is 45.3. The maximum atomic E-state index is 14.3. The third-order valence-electron chi connectivity index (χ3n) is 23.8. The molecule has 4 heterocycles. The smallest absolute Gasteiger partial charge is 0.460 e. The van der Waals surface area contributed by atoms with Crippen molar-refractivity contribution in [3.63, 3.8) is 0 Å². The van der Waals surface area contributed by atoms with E-state index in [1.54, 1.807) is 23.6 Å². The normalized spacial score (nSPS) is 14.9. The fourth-order valence-corrected chi connectivity index (χ4v) is 17.2. The van der Waals surface area contributed by atoms with Crippen LogP contribution in [0.3, 0.4) is 0 Å². The summed E-state index contributed by atoms with van der Waals surface area (Å²) in [6.07, 6.45) is 33.5. The van der Waals surface area contributed by atoms with E-state index in [2.05, 4.69) is 298 Å². The van der Waals surface area contributed by atoms with Crippen molar-refractivity contribution < 1.29 is 72.9 Å². The van der Waals surface area contributed by atoms with Crippen LogP contribution >= 0.6 is 0 Å². The zero-order chi connectivity index (χ0) is 93.4. The van der Waals surface area contributed by atoms with E-state index in [1.165, 1.54) is 0 Å². The number of hydrogen-bond acceptors (Lipinski definition) is 14. The van der Waals surface area contributed by atoms with Crippen LogP contribution in [0.5, 0.6) is 11.5 Å². The van der Waals surface area contributed by atoms with Gasteiger partial charge in [0, 0.05) is 203 Å². The Balaban J connectivity index is 0.000000208. The third-order valence-corrected chi connectivity index (χ3v) is 23.8. The summed E-state index contributed by atoms with van der Waals surface area (Å²) in [5.74, 6) is 2.65. The summed E-state index contributed by atoms with van der Waals surface area (Å²) in [6.45, 7) is 29.4. The zero-order valence-electron chi connectivity index (χ0n) is 81.6. The Bertz CT molecular complexity index is 6430. The molecule has 0 atom stereocenters. The van der Waals surface area contributed by atoms with E-state index in [4.69, 9.17) is 18.7 Å². The first-order chi connectivity index (χ1) is 63.9. The first-order valence-electron chi connectivity index (χ1n) is 45.3. The van der Waals surface area contributed by atoms with Crippen molar-refractivity contribution >= 4 is 80.4 Å². The zero-order valence-corrected chi connectivity index (χ0v) is 83.8. The molecule has 1 spiro atoms. The summed E-state index contributed by atoms with van der Waals surface area (Å²) in [6, 6.07) is 57.5. The standard InChI is InChI=1S/C37H39N5O2.2C37H41N5O2.2CH3.2Fe/c1-7-38-32-22-34-30(20-24(32)3)37(31-21-25(4)33(39-8-2)23-35(31)44-34)29-14-10-9-13-28(29)36(43)42(37)40-19-11-12-26-15-17-27(18-16-26)41(5)6;2*1-7-38-32-22-34-30(20-24(32)3)36(31-21-25(4)33(39-8-2)23-35(31)44-34)28-13-9-10-14-29(28)37(43)41-40-19-11-12-26-15-17-27(18-16-26)42(5)6;;;;/h9-23,38-39H,7-8H2,1-6H3;2*9-23,27,41H,7-8H2,1-6H3,(H2-,38,39,40,43);2*1H3;;/q;;;2*-1;+2;+4/b12-11+,40-19+;2*19-11-,26-12?;;;;. The van der Waals surface area contributed by atoms with Crippen molar-refractivity contribution in [3.05, 3.63) is 381 Å². The molecule has 0 saturated carbocycles. The second-order valence-electron chi connectivity index (χ2n) is 33.7. The largest absolute Gasteiger partial charge is 4.00 e. The molecule has 8 aromatic carbocycles. The Morgan fingerprint density at radius 2 is 0.875 bits per heavy atom. The van der Waals surface area contributed by atoms with Gasteiger partial charge in [-0.05, 0) is 234 Å². The molecule has 8 aliphatic rings. The van der Waals surface area contributed by atoms with Gasteiger partial charge in [0.2, 0.25) is 0 Å². The van der Waals surface area contributed by atoms with E-state index >= 15 is 0 Å². The number of ether oxygens (including phenoxy) is 1. The molecule has 702 valence electrons. The van der Waals surface area contributed by atoms with Gasteiger partial charge < -0.3 is 75.7 Å². The molecule has 23 heteroatoms. The quantitative estimate of drug-likeness (QED) is 0.00628. The summed E-state index contributed by atoms with van der Waals surface area (Å²) in [4.78, 5) is 30.0. The van der Waals surface area contributed by atoms with Crippen molar-refractivity contribution in [2.45, 2.75) is 101 Å². The average Bonchev–Trinajstić information content (AvgIpc) is 1.55. The number of nitrogens with one attached hydrogen (secondary N) is 6. The summed E-state index contributed by atoms with van der Waals surface area (Å²) >= 11 is 0. The molecule has 0 fully saturated rings. The number of aliphatic hydroxyl groups excluding tert-OH is 2. The van der Waals surface area contributed by atoms with Crippen molar-refractivity contribution in [1.82, 2.24) is 14.8 Å². The Hall–Kier alpha value is -13.8. The molecule has 0 saturated heterocycles. The molecular weight excluding hydrogens is 1780 g/mol. The molecule has 0 unspecified atom stereocenters. The number of hydrazone groups is 1. The van der Waals surface area contributed by atoms with E-state index in [0.29, 0.717) is 53.4 Å². The molecule has 8 N–H and O–H groups in total. The van der Waals surface area contributed by atoms with E-state index in [9.17, 15) is 15.0 Å². The first kappa shape index (κ1) is 104. The van der Waals surface area contributed by atoms with E-state index in [-0.39, 0.29) is 66.7 Å². The second-order valence-corrected chi connectivity index (χ2v) is 33.7. The van der Waals surface area contributed by atoms with Crippen molar-refractivity contribution in [2.24, 2.45) is 15.1 Å². The predicted octanol–water partition coefficient (Wildman–Crippen LogP) is 21.4. The van der Waals surface area contributed by atoms with Crippen molar-refractivity contribution in [2.75, 3.05) is 108 Å². The Kier molecular flexibility index (Phi) is 36.4. The molecule has 4 aliphatic carbocycles. The van der Waals surface area contributed by atoms with E-state index in [1.807, 2.05) is 149 Å². The minimum Gasteiger partial charge on any atom is -0.460 e. The van der Waals surface area contributed by atoms with Gasteiger partial charge in [-0.3, -0.25) is 24.6 Å². The number of aliphatic hydroxyl groups is 2. The van der Waals surface area contributed by atoms with Crippen LogP contribution in [0.2, 0.25) is 0 Å². The number of carbonyl (C=O) groups is 1. The van der Waals surface area contributed by atoms with Gasteiger partial charge in [-0.15, -0.1) is 12.4 Å². The fraction of sp³-hybridized carbons (Fsp3) is 0.239. The number of likely N-dealkylation sites (N-methyl/N-ethyl adjacent to an activating group) is 2. The minimum absolute atomic E-state index is 0. The fourth-order valence-electron chi connectivity index (χ4n) is 17.2. The number of hydrogen-bond donors (Lipinski definition) is 8. The number of fused-ring (bicyclic) bond motifs is 10. The Morgan fingerprint density at radius 1 is 0.478 bits per heavy atom. The summed E-state index contributed by atoms with van der Waals surface area (Å²) in [5, 5.41) is 52.3.